The van der Waals surface area contributed by atoms with E-state index in [1.54, 1.807) is 6.07 Å². The summed E-state index contributed by atoms with van der Waals surface area (Å²) in [5, 5.41) is 33.1. The molecule has 0 radical (unpaired) electrons. The first-order valence-corrected chi connectivity index (χ1v) is 12.0. The van der Waals surface area contributed by atoms with E-state index in [1.807, 2.05) is 71.9 Å². The lowest BCUT2D eigenvalue weighted by atomic mass is 9.88. The predicted molar refractivity (Wildman–Crippen MR) is 140 cm³/mol. The van der Waals surface area contributed by atoms with Crippen LogP contribution in [0.1, 0.15) is 86.7 Å². The number of rotatable bonds is 7. The molecule has 2 aromatic rings. The fourth-order valence-electron chi connectivity index (χ4n) is 4.17. The van der Waals surface area contributed by atoms with Gasteiger partial charge in [0.2, 0.25) is 0 Å². The predicted octanol–water partition coefficient (Wildman–Crippen LogP) is 7.04. The molecule has 35 heavy (non-hydrogen) atoms. The second kappa shape index (κ2) is 10.9. The highest BCUT2D eigenvalue weighted by Gasteiger charge is 2.36. The van der Waals surface area contributed by atoms with E-state index in [-0.39, 0.29) is 40.8 Å². The first-order valence-electron chi connectivity index (χ1n) is 12.0. The summed E-state index contributed by atoms with van der Waals surface area (Å²) in [6, 6.07) is 5.45. The maximum absolute atomic E-state index is 13.3. The first kappa shape index (κ1) is 26.1. The molecule has 0 saturated heterocycles. The number of ether oxygens (including phenoxy) is 1. The second-order valence-corrected chi connectivity index (χ2v) is 9.90. The molecule has 1 heterocycles. The van der Waals surface area contributed by atoms with Crippen molar-refractivity contribution in [2.75, 3.05) is 0 Å². The topological polar surface area (TPSA) is 87.0 Å². The fraction of sp³-hybridized carbons (Fsp3) is 0.367. The molecule has 5 nitrogen and oxygen atoms in total. The molecular formula is C30H36O5. The van der Waals surface area contributed by atoms with Crippen molar-refractivity contribution in [2.24, 2.45) is 0 Å². The van der Waals surface area contributed by atoms with Crippen molar-refractivity contribution in [1.82, 2.24) is 0 Å². The van der Waals surface area contributed by atoms with Crippen LogP contribution in [0.25, 0.3) is 0 Å². The summed E-state index contributed by atoms with van der Waals surface area (Å²) in [5.41, 5.74) is 5.40. The van der Waals surface area contributed by atoms with E-state index in [9.17, 15) is 20.1 Å². The molecule has 0 fully saturated rings. The van der Waals surface area contributed by atoms with Crippen LogP contribution < -0.4 is 4.74 Å². The van der Waals surface area contributed by atoms with Gasteiger partial charge in [-0.1, -0.05) is 53.1 Å². The normalized spacial score (nSPS) is 14.6. The van der Waals surface area contributed by atoms with Crippen LogP contribution in [-0.4, -0.2) is 21.1 Å². The summed E-state index contributed by atoms with van der Waals surface area (Å²) in [4.78, 5) is 13.3. The zero-order chi connectivity index (χ0) is 25.9. The van der Waals surface area contributed by atoms with Gasteiger partial charge in [-0.15, -0.1) is 0 Å². The minimum Gasteiger partial charge on any atom is -0.507 e. The number of carbonyl (C=O) groups is 1. The molecule has 0 bridgehead atoms. The van der Waals surface area contributed by atoms with Crippen molar-refractivity contribution in [3.05, 3.63) is 81.0 Å². The maximum atomic E-state index is 13.3. The van der Waals surface area contributed by atoms with Crippen LogP contribution in [0.2, 0.25) is 0 Å². The Hall–Kier alpha value is -3.47. The summed E-state index contributed by atoms with van der Waals surface area (Å²) in [5.74, 6) is -0.286. The van der Waals surface area contributed by atoms with Gasteiger partial charge >= 0.3 is 0 Å². The van der Waals surface area contributed by atoms with Crippen molar-refractivity contribution in [2.45, 2.75) is 73.3 Å². The number of hydrogen-bond donors (Lipinski definition) is 3. The van der Waals surface area contributed by atoms with Crippen LogP contribution in [0.5, 0.6) is 23.0 Å². The number of phenols is 3. The smallest absolute Gasteiger partial charge is 0.174 e. The molecule has 1 unspecified atom stereocenters. The van der Waals surface area contributed by atoms with Gasteiger partial charge in [-0.25, -0.2) is 0 Å². The van der Waals surface area contributed by atoms with Crippen LogP contribution in [0.3, 0.4) is 0 Å². The number of ketones is 1. The molecule has 0 amide bonds. The van der Waals surface area contributed by atoms with Crippen molar-refractivity contribution < 1.29 is 24.9 Å². The van der Waals surface area contributed by atoms with Crippen LogP contribution in [0, 0.1) is 0 Å². The molecule has 0 aromatic heterocycles. The summed E-state index contributed by atoms with van der Waals surface area (Å²) in [7, 11) is 0. The van der Waals surface area contributed by atoms with E-state index in [0.717, 1.165) is 22.3 Å². The summed E-state index contributed by atoms with van der Waals surface area (Å²) in [6.45, 7) is 11.8. The Labute approximate surface area is 208 Å². The number of aromatic hydroxyl groups is 3. The SMILES string of the molecule is CC(C)=CCc1cccc(C2CC(=O)c3c(O)c(CC=C(C)C)c(O)c(CC=C(C)C)c3O2)c1O. The quantitative estimate of drug-likeness (QED) is 0.373. The molecule has 1 aliphatic heterocycles. The molecule has 186 valence electrons. The average molecular weight is 477 g/mol. The lowest BCUT2D eigenvalue weighted by Gasteiger charge is -2.30. The highest BCUT2D eigenvalue weighted by molar-refractivity contribution is 6.04. The number of carbonyl (C=O) groups excluding carboxylic acids is 1. The van der Waals surface area contributed by atoms with Crippen LogP contribution in [0.4, 0.5) is 0 Å². The Morgan fingerprint density at radius 2 is 1.40 bits per heavy atom. The van der Waals surface area contributed by atoms with E-state index in [4.69, 9.17) is 4.74 Å². The van der Waals surface area contributed by atoms with E-state index in [2.05, 4.69) is 0 Å². The average Bonchev–Trinajstić information content (AvgIpc) is 2.77. The molecule has 5 heteroatoms. The van der Waals surface area contributed by atoms with Gasteiger partial charge in [-0.2, -0.15) is 0 Å². The summed E-state index contributed by atoms with van der Waals surface area (Å²) < 4.78 is 6.29. The van der Waals surface area contributed by atoms with E-state index in [0.29, 0.717) is 36.0 Å². The van der Waals surface area contributed by atoms with Crippen LogP contribution >= 0.6 is 0 Å². The first-order chi connectivity index (χ1) is 16.5. The number of benzene rings is 2. The molecule has 0 saturated carbocycles. The zero-order valence-electron chi connectivity index (χ0n) is 21.5. The van der Waals surface area contributed by atoms with Gasteiger partial charge in [-0.3, -0.25) is 4.79 Å². The Morgan fingerprint density at radius 1 is 0.829 bits per heavy atom. The van der Waals surface area contributed by atoms with Crippen LogP contribution in [-0.2, 0) is 19.3 Å². The fourth-order valence-corrected chi connectivity index (χ4v) is 4.17. The second-order valence-electron chi connectivity index (χ2n) is 9.90. The monoisotopic (exact) mass is 476 g/mol. The summed E-state index contributed by atoms with van der Waals surface area (Å²) >= 11 is 0. The Balaban J connectivity index is 2.14. The van der Waals surface area contributed by atoms with E-state index < -0.39 is 6.10 Å². The number of phenolic OH excluding ortho intramolecular Hbond substituents is 3. The highest BCUT2D eigenvalue weighted by Crippen LogP contribution is 2.49. The number of para-hydroxylation sites is 1. The largest absolute Gasteiger partial charge is 0.507 e. The van der Waals surface area contributed by atoms with Crippen molar-refractivity contribution in [3.63, 3.8) is 0 Å². The van der Waals surface area contributed by atoms with Gasteiger partial charge in [0.25, 0.3) is 0 Å². The Morgan fingerprint density at radius 3 is 2.00 bits per heavy atom. The van der Waals surface area contributed by atoms with Gasteiger partial charge in [0, 0.05) is 16.7 Å². The maximum Gasteiger partial charge on any atom is 0.174 e. The Kier molecular flexibility index (Phi) is 8.11. The van der Waals surface area contributed by atoms with Crippen LogP contribution in [0.15, 0.2) is 53.1 Å². The van der Waals surface area contributed by atoms with Gasteiger partial charge in [-0.05, 0) is 66.4 Å². The third-order valence-electron chi connectivity index (χ3n) is 6.16. The minimum atomic E-state index is -0.727. The minimum absolute atomic E-state index is 0.0187. The van der Waals surface area contributed by atoms with E-state index in [1.165, 1.54) is 0 Å². The van der Waals surface area contributed by atoms with Gasteiger partial charge in [0.05, 0.1) is 6.42 Å². The van der Waals surface area contributed by atoms with Crippen molar-refractivity contribution in [1.29, 1.82) is 0 Å². The molecular weight excluding hydrogens is 440 g/mol. The van der Waals surface area contributed by atoms with Crippen molar-refractivity contribution >= 4 is 5.78 Å². The standard InChI is InChI=1S/C30H36O5/c1-17(2)10-13-20-8-7-9-21(27(20)32)25-16-24(31)26-29(34)22(14-11-18(3)4)28(33)23(30(26)35-25)15-12-19(5)6/h7-12,25,32-34H,13-16H2,1-6H3. The van der Waals surface area contributed by atoms with Gasteiger partial charge in [0.1, 0.15) is 34.7 Å². The Bertz CT molecular complexity index is 1220. The van der Waals surface area contributed by atoms with Gasteiger partial charge in [0.15, 0.2) is 5.78 Å². The molecule has 1 atom stereocenters. The van der Waals surface area contributed by atoms with E-state index >= 15 is 0 Å². The molecule has 2 aromatic carbocycles. The molecule has 3 rings (SSSR count). The summed E-state index contributed by atoms with van der Waals surface area (Å²) in [6.07, 6.45) is 6.36. The number of Topliss-reactive ketones (excluding diaryl/α,β-unsaturated/α-hetero) is 1. The molecule has 0 aliphatic carbocycles. The van der Waals surface area contributed by atoms with Gasteiger partial charge < -0.3 is 20.1 Å². The lowest BCUT2D eigenvalue weighted by Crippen LogP contribution is -2.22. The third kappa shape index (κ3) is 5.79. The number of fused-ring (bicyclic) bond motifs is 1. The number of allylic oxidation sites excluding steroid dienone is 6. The molecule has 1 aliphatic rings. The third-order valence-corrected chi connectivity index (χ3v) is 6.16. The number of hydrogen-bond acceptors (Lipinski definition) is 5. The van der Waals surface area contributed by atoms with Crippen molar-refractivity contribution in [3.8, 4) is 23.0 Å². The molecule has 0 spiro atoms. The zero-order valence-corrected chi connectivity index (χ0v) is 21.5. The lowest BCUT2D eigenvalue weighted by molar-refractivity contribution is 0.0839. The highest BCUT2D eigenvalue weighted by atomic mass is 16.5. The molecule has 3 N–H and O–H groups in total.